The topological polar surface area (TPSA) is 50.4 Å². The Labute approximate surface area is 144 Å². The van der Waals surface area contributed by atoms with Gasteiger partial charge < -0.3 is 15.4 Å². The molecule has 0 unspecified atom stereocenters. The van der Waals surface area contributed by atoms with Crippen molar-refractivity contribution in [2.45, 2.75) is 20.0 Å². The molecule has 0 aliphatic rings. The summed E-state index contributed by atoms with van der Waals surface area (Å²) in [7, 11) is 0. The first-order valence-electron chi connectivity index (χ1n) is 7.74. The van der Waals surface area contributed by atoms with Gasteiger partial charge in [-0.1, -0.05) is 18.2 Å². The minimum Gasteiger partial charge on any atom is -0.435 e. The zero-order valence-corrected chi connectivity index (χ0v) is 13.7. The van der Waals surface area contributed by atoms with Crippen molar-refractivity contribution in [3.8, 4) is 5.75 Å². The highest BCUT2D eigenvalue weighted by Gasteiger charge is 2.06. The summed E-state index contributed by atoms with van der Waals surface area (Å²) in [6.07, 6.45) is 0.541. The van der Waals surface area contributed by atoms with Crippen molar-refractivity contribution < 1.29 is 22.7 Å². The lowest BCUT2D eigenvalue weighted by Gasteiger charge is -2.09. The van der Waals surface area contributed by atoms with Crippen LogP contribution in [-0.4, -0.2) is 25.6 Å². The van der Waals surface area contributed by atoms with Gasteiger partial charge in [-0.25, -0.2) is 4.39 Å². The molecule has 0 aromatic heterocycles. The number of rotatable bonds is 8. The van der Waals surface area contributed by atoms with Crippen LogP contribution in [0.25, 0.3) is 0 Å². The summed E-state index contributed by atoms with van der Waals surface area (Å²) in [6.45, 7) is -0.727. The first-order valence-corrected chi connectivity index (χ1v) is 7.74. The molecule has 2 N–H and O–H groups in total. The number of benzene rings is 2. The highest BCUT2D eigenvalue weighted by molar-refractivity contribution is 5.80. The number of alkyl halides is 2. The fraction of sp³-hybridized carbons (Fsp3) is 0.278. The third-order valence-electron chi connectivity index (χ3n) is 3.45. The molecule has 0 atom stereocenters. The summed E-state index contributed by atoms with van der Waals surface area (Å²) >= 11 is 0. The molecule has 7 heteroatoms. The molecule has 2 rings (SSSR count). The first kappa shape index (κ1) is 18.6. The van der Waals surface area contributed by atoms with Gasteiger partial charge in [0.25, 0.3) is 0 Å². The van der Waals surface area contributed by atoms with Crippen molar-refractivity contribution in [1.29, 1.82) is 0 Å². The second-order valence-corrected chi connectivity index (χ2v) is 5.46. The van der Waals surface area contributed by atoms with Gasteiger partial charge in [-0.15, -0.1) is 0 Å². The number of ether oxygens (including phenoxy) is 1. The van der Waals surface area contributed by atoms with Gasteiger partial charge in [-0.2, -0.15) is 8.78 Å². The average Bonchev–Trinajstić information content (AvgIpc) is 2.55. The van der Waals surface area contributed by atoms with E-state index in [1.165, 1.54) is 18.2 Å². The van der Waals surface area contributed by atoms with Crippen LogP contribution in [0.15, 0.2) is 42.5 Å². The van der Waals surface area contributed by atoms with E-state index in [0.717, 1.165) is 11.1 Å². The molecule has 134 valence electrons. The molecular formula is C18H19F3N2O2. The Morgan fingerprint density at radius 1 is 1.16 bits per heavy atom. The van der Waals surface area contributed by atoms with Gasteiger partial charge in [0, 0.05) is 6.54 Å². The number of nitrogens with one attached hydrogen (secondary N) is 2. The number of aryl methyl sites for hydroxylation is 1. The lowest BCUT2D eigenvalue weighted by molar-refractivity contribution is -0.119. The minimum atomic E-state index is -2.85. The number of carbonyl (C=O) groups excluding carboxylic acids is 1. The summed E-state index contributed by atoms with van der Waals surface area (Å²) in [5.74, 6) is -0.580. The van der Waals surface area contributed by atoms with Crippen molar-refractivity contribution in [3.63, 3.8) is 0 Å². The van der Waals surface area contributed by atoms with E-state index >= 15 is 0 Å². The van der Waals surface area contributed by atoms with Crippen LogP contribution in [0, 0.1) is 12.7 Å². The van der Waals surface area contributed by atoms with Crippen LogP contribution in [0.5, 0.6) is 5.75 Å². The van der Waals surface area contributed by atoms with Gasteiger partial charge in [0.1, 0.15) is 11.6 Å². The third kappa shape index (κ3) is 6.37. The SMILES string of the molecule is Cc1ccc(NCC(=O)NCCc2ccc(OC(F)F)cc2)c(F)c1. The van der Waals surface area contributed by atoms with Gasteiger partial charge in [0.2, 0.25) is 5.91 Å². The Morgan fingerprint density at radius 3 is 2.52 bits per heavy atom. The molecule has 0 spiro atoms. The highest BCUT2D eigenvalue weighted by atomic mass is 19.3. The normalized spacial score (nSPS) is 10.6. The molecule has 2 aromatic carbocycles. The summed E-state index contributed by atoms with van der Waals surface area (Å²) < 4.78 is 42.0. The second-order valence-electron chi connectivity index (χ2n) is 5.46. The van der Waals surface area contributed by atoms with Crippen LogP contribution in [0.4, 0.5) is 18.9 Å². The fourth-order valence-electron chi connectivity index (χ4n) is 2.19. The molecule has 0 heterocycles. The highest BCUT2D eigenvalue weighted by Crippen LogP contribution is 2.15. The number of hydrogen-bond donors (Lipinski definition) is 2. The van der Waals surface area contributed by atoms with E-state index in [1.807, 2.05) is 0 Å². The molecule has 0 aliphatic heterocycles. The van der Waals surface area contributed by atoms with Crippen molar-refractivity contribution >= 4 is 11.6 Å². The second kappa shape index (κ2) is 8.96. The Kier molecular flexibility index (Phi) is 6.68. The fourth-order valence-corrected chi connectivity index (χ4v) is 2.19. The van der Waals surface area contributed by atoms with Crippen LogP contribution in [0.1, 0.15) is 11.1 Å². The quantitative estimate of drug-likeness (QED) is 0.764. The molecule has 0 aliphatic carbocycles. The molecular weight excluding hydrogens is 333 g/mol. The van der Waals surface area contributed by atoms with E-state index in [9.17, 15) is 18.0 Å². The summed E-state index contributed by atoms with van der Waals surface area (Å²) in [4.78, 5) is 11.8. The molecule has 0 saturated carbocycles. The first-order chi connectivity index (χ1) is 11.9. The largest absolute Gasteiger partial charge is 0.435 e. The number of anilines is 1. The van der Waals surface area contributed by atoms with E-state index < -0.39 is 12.4 Å². The van der Waals surface area contributed by atoms with Crippen LogP contribution in [-0.2, 0) is 11.2 Å². The van der Waals surface area contributed by atoms with E-state index in [1.54, 1.807) is 31.2 Å². The van der Waals surface area contributed by atoms with Gasteiger partial charge in [0.15, 0.2) is 0 Å². The van der Waals surface area contributed by atoms with Crippen molar-refractivity contribution in [2.24, 2.45) is 0 Å². The number of hydrogen-bond acceptors (Lipinski definition) is 3. The third-order valence-corrected chi connectivity index (χ3v) is 3.45. The molecule has 2 aromatic rings. The van der Waals surface area contributed by atoms with Gasteiger partial charge in [-0.05, 0) is 48.7 Å². The maximum Gasteiger partial charge on any atom is 0.387 e. The zero-order chi connectivity index (χ0) is 18.2. The van der Waals surface area contributed by atoms with E-state index in [2.05, 4.69) is 15.4 Å². The van der Waals surface area contributed by atoms with Gasteiger partial charge >= 0.3 is 6.61 Å². The smallest absolute Gasteiger partial charge is 0.387 e. The predicted molar refractivity (Wildman–Crippen MR) is 89.4 cm³/mol. The average molecular weight is 352 g/mol. The van der Waals surface area contributed by atoms with E-state index in [4.69, 9.17) is 0 Å². The number of carbonyl (C=O) groups is 1. The number of amides is 1. The zero-order valence-electron chi connectivity index (χ0n) is 13.7. The molecule has 25 heavy (non-hydrogen) atoms. The molecule has 0 saturated heterocycles. The summed E-state index contributed by atoms with van der Waals surface area (Å²) in [6, 6.07) is 10.9. The standard InChI is InChI=1S/C18H19F3N2O2/c1-12-2-7-16(15(19)10-12)23-11-17(24)22-9-8-13-3-5-14(6-4-13)25-18(20)21/h2-7,10,18,23H,8-9,11H2,1H3,(H,22,24). The van der Waals surface area contributed by atoms with Crippen LogP contribution in [0.3, 0.4) is 0 Å². The van der Waals surface area contributed by atoms with Gasteiger partial charge in [-0.3, -0.25) is 4.79 Å². The van der Waals surface area contributed by atoms with Gasteiger partial charge in [0.05, 0.1) is 12.2 Å². The lowest BCUT2D eigenvalue weighted by atomic mass is 10.1. The summed E-state index contributed by atoms with van der Waals surface area (Å²) in [5.41, 5.74) is 1.95. The Bertz CT molecular complexity index is 706. The lowest BCUT2D eigenvalue weighted by Crippen LogP contribution is -2.31. The molecule has 0 fully saturated rings. The molecule has 0 bridgehead atoms. The van der Waals surface area contributed by atoms with Crippen LogP contribution >= 0.6 is 0 Å². The Morgan fingerprint density at radius 2 is 1.88 bits per heavy atom. The number of halogens is 3. The summed E-state index contributed by atoms with van der Waals surface area (Å²) in [5, 5.41) is 5.44. The molecule has 0 radical (unpaired) electrons. The molecule has 1 amide bonds. The molecule has 4 nitrogen and oxygen atoms in total. The maximum atomic E-state index is 13.6. The minimum absolute atomic E-state index is 0.0405. The van der Waals surface area contributed by atoms with Crippen molar-refractivity contribution in [2.75, 3.05) is 18.4 Å². The van der Waals surface area contributed by atoms with E-state index in [0.29, 0.717) is 13.0 Å². The van der Waals surface area contributed by atoms with Crippen LogP contribution < -0.4 is 15.4 Å². The monoisotopic (exact) mass is 352 g/mol. The van der Waals surface area contributed by atoms with E-state index in [-0.39, 0.29) is 23.9 Å². The van der Waals surface area contributed by atoms with Crippen LogP contribution in [0.2, 0.25) is 0 Å². The predicted octanol–water partition coefficient (Wildman–Crippen LogP) is 3.51. The Balaban J connectivity index is 1.71. The Hall–Kier alpha value is -2.70. The maximum absolute atomic E-state index is 13.6. The van der Waals surface area contributed by atoms with Crippen molar-refractivity contribution in [1.82, 2.24) is 5.32 Å². The van der Waals surface area contributed by atoms with Crippen molar-refractivity contribution in [3.05, 3.63) is 59.4 Å².